The highest BCUT2D eigenvalue weighted by Crippen LogP contribution is 2.24. The van der Waals surface area contributed by atoms with Crippen LogP contribution in [-0.4, -0.2) is 34.2 Å². The molecule has 4 heteroatoms. The van der Waals surface area contributed by atoms with Gasteiger partial charge in [0.15, 0.2) is 0 Å². The van der Waals surface area contributed by atoms with Crippen molar-refractivity contribution in [3.05, 3.63) is 40.2 Å². The molecule has 0 spiro atoms. The molecule has 0 radical (unpaired) electrons. The molecule has 1 saturated heterocycles. The third-order valence-corrected chi connectivity index (χ3v) is 5.09. The summed E-state index contributed by atoms with van der Waals surface area (Å²) in [5, 5.41) is 13.2. The molecule has 3 nitrogen and oxygen atoms in total. The second-order valence-electron chi connectivity index (χ2n) is 6.06. The lowest BCUT2D eigenvalue weighted by Crippen LogP contribution is -2.42. The average molecular weight is 302 g/mol. The quantitative estimate of drug-likeness (QED) is 0.945. The molecule has 1 N–H and O–H groups in total. The summed E-state index contributed by atoms with van der Waals surface area (Å²) in [7, 11) is 0. The van der Waals surface area contributed by atoms with E-state index in [9.17, 15) is 5.11 Å². The number of hydrogen-bond donors (Lipinski definition) is 1. The second kappa shape index (κ2) is 6.26. The third kappa shape index (κ3) is 3.51. The van der Waals surface area contributed by atoms with Crippen molar-refractivity contribution in [2.24, 2.45) is 5.92 Å². The number of thiazole rings is 1. The lowest BCUT2D eigenvalue weighted by Gasteiger charge is -2.33. The number of β-amino-alcohol motifs (C(OH)–C–C–N with tert-alkyl or cyclic N) is 1. The lowest BCUT2D eigenvalue weighted by molar-refractivity contribution is 0.0259. The molecule has 21 heavy (non-hydrogen) atoms. The number of hydrogen-bond acceptors (Lipinski definition) is 4. The Morgan fingerprint density at radius 2 is 2.10 bits per heavy atom. The van der Waals surface area contributed by atoms with E-state index in [1.54, 1.807) is 11.3 Å². The highest BCUT2D eigenvalue weighted by molar-refractivity contribution is 7.09. The summed E-state index contributed by atoms with van der Waals surface area (Å²) in [6.45, 7) is 6.89. The van der Waals surface area contributed by atoms with Crippen molar-refractivity contribution in [2.75, 3.05) is 13.1 Å². The van der Waals surface area contributed by atoms with Gasteiger partial charge in [0.2, 0.25) is 0 Å². The zero-order chi connectivity index (χ0) is 14.8. The van der Waals surface area contributed by atoms with Crippen LogP contribution in [0.25, 0.3) is 11.3 Å². The normalized spacial score (nSPS) is 23.4. The van der Waals surface area contributed by atoms with E-state index in [1.807, 2.05) is 0 Å². The molecular formula is C17H22N2OS. The maximum Gasteiger partial charge on any atom is 0.107 e. The van der Waals surface area contributed by atoms with Gasteiger partial charge in [0.25, 0.3) is 0 Å². The van der Waals surface area contributed by atoms with Gasteiger partial charge < -0.3 is 5.11 Å². The van der Waals surface area contributed by atoms with E-state index in [2.05, 4.69) is 48.4 Å². The number of aryl methyl sites for hydroxylation is 1. The van der Waals surface area contributed by atoms with E-state index in [4.69, 9.17) is 4.98 Å². The summed E-state index contributed by atoms with van der Waals surface area (Å²) in [5.41, 5.74) is 3.50. The first-order valence-corrected chi connectivity index (χ1v) is 8.41. The highest BCUT2D eigenvalue weighted by Gasteiger charge is 2.24. The second-order valence-corrected chi connectivity index (χ2v) is 7.00. The summed E-state index contributed by atoms with van der Waals surface area (Å²) in [6, 6.07) is 8.49. The minimum Gasteiger partial charge on any atom is -0.392 e. The van der Waals surface area contributed by atoms with Gasteiger partial charge in [-0.25, -0.2) is 4.98 Å². The van der Waals surface area contributed by atoms with E-state index in [1.165, 1.54) is 11.1 Å². The number of piperidine rings is 1. The number of aliphatic hydroxyl groups excluding tert-OH is 1. The molecule has 112 valence electrons. The Kier molecular flexibility index (Phi) is 4.38. The first-order chi connectivity index (χ1) is 10.1. The molecule has 0 saturated carbocycles. The number of likely N-dealkylation sites (tertiary alicyclic amines) is 1. The van der Waals surface area contributed by atoms with Crippen molar-refractivity contribution in [3.63, 3.8) is 0 Å². The van der Waals surface area contributed by atoms with Crippen LogP contribution < -0.4 is 0 Å². The zero-order valence-corrected chi connectivity index (χ0v) is 13.4. The largest absolute Gasteiger partial charge is 0.392 e. The maximum absolute atomic E-state index is 9.98. The molecule has 0 bridgehead atoms. The highest BCUT2D eigenvalue weighted by atomic mass is 32.1. The SMILES string of the molecule is Cc1ccc(-c2csc(CN3CC[C@@H](C)[C@@H](O)C3)n2)cc1. The van der Waals surface area contributed by atoms with Crippen LogP contribution in [0, 0.1) is 12.8 Å². The molecule has 3 rings (SSSR count). The molecule has 1 fully saturated rings. The van der Waals surface area contributed by atoms with Gasteiger partial charge in [0.05, 0.1) is 18.3 Å². The van der Waals surface area contributed by atoms with Gasteiger partial charge in [-0.1, -0.05) is 36.8 Å². The van der Waals surface area contributed by atoms with Gasteiger partial charge in [-0.3, -0.25) is 4.90 Å². The number of aromatic nitrogens is 1. The van der Waals surface area contributed by atoms with E-state index in [0.717, 1.165) is 36.8 Å². The first-order valence-electron chi connectivity index (χ1n) is 7.53. The van der Waals surface area contributed by atoms with E-state index >= 15 is 0 Å². The Labute approximate surface area is 130 Å². The van der Waals surface area contributed by atoms with Crippen molar-refractivity contribution in [3.8, 4) is 11.3 Å². The summed E-state index contributed by atoms with van der Waals surface area (Å²) < 4.78 is 0. The van der Waals surface area contributed by atoms with Crippen molar-refractivity contribution in [2.45, 2.75) is 32.9 Å². The number of aliphatic hydroxyl groups is 1. The number of nitrogens with zero attached hydrogens (tertiary/aromatic N) is 2. The van der Waals surface area contributed by atoms with Crippen molar-refractivity contribution in [1.29, 1.82) is 0 Å². The number of rotatable bonds is 3. The van der Waals surface area contributed by atoms with E-state index < -0.39 is 0 Å². The molecule has 2 atom stereocenters. The monoisotopic (exact) mass is 302 g/mol. The van der Waals surface area contributed by atoms with E-state index in [0.29, 0.717) is 5.92 Å². The van der Waals surface area contributed by atoms with Crippen LogP contribution in [0.1, 0.15) is 23.9 Å². The fourth-order valence-electron chi connectivity index (χ4n) is 2.69. The molecule has 0 unspecified atom stereocenters. The minimum absolute atomic E-state index is 0.199. The molecule has 1 aliphatic heterocycles. The topological polar surface area (TPSA) is 36.4 Å². The van der Waals surface area contributed by atoms with Gasteiger partial charge in [0, 0.05) is 17.5 Å². The lowest BCUT2D eigenvalue weighted by atomic mass is 9.96. The van der Waals surface area contributed by atoms with Crippen LogP contribution in [0.5, 0.6) is 0 Å². The zero-order valence-electron chi connectivity index (χ0n) is 12.6. The third-order valence-electron chi connectivity index (χ3n) is 4.26. The summed E-state index contributed by atoms with van der Waals surface area (Å²) >= 11 is 1.71. The molecule has 2 heterocycles. The fourth-order valence-corrected chi connectivity index (χ4v) is 3.53. The molecule has 1 aliphatic rings. The van der Waals surface area contributed by atoms with Gasteiger partial charge in [0.1, 0.15) is 5.01 Å². The van der Waals surface area contributed by atoms with Crippen molar-refractivity contribution in [1.82, 2.24) is 9.88 Å². The molecule has 1 aromatic heterocycles. The summed E-state index contributed by atoms with van der Waals surface area (Å²) in [6.07, 6.45) is 0.868. The fraction of sp³-hybridized carbons (Fsp3) is 0.471. The summed E-state index contributed by atoms with van der Waals surface area (Å²) in [4.78, 5) is 7.05. The first kappa shape index (κ1) is 14.7. The molecule has 0 aliphatic carbocycles. The predicted octanol–water partition coefficient (Wildman–Crippen LogP) is 3.32. The van der Waals surface area contributed by atoms with Gasteiger partial charge >= 0.3 is 0 Å². The van der Waals surface area contributed by atoms with Crippen LogP contribution in [0.2, 0.25) is 0 Å². The van der Waals surface area contributed by atoms with Gasteiger partial charge in [-0.05, 0) is 25.8 Å². The number of benzene rings is 1. The maximum atomic E-state index is 9.98. The average Bonchev–Trinajstić information content (AvgIpc) is 2.92. The van der Waals surface area contributed by atoms with Crippen LogP contribution in [0.15, 0.2) is 29.6 Å². The van der Waals surface area contributed by atoms with Crippen LogP contribution in [0.4, 0.5) is 0 Å². The standard InChI is InChI=1S/C17H22N2OS/c1-12-3-5-14(6-4-12)15-11-21-17(18-15)10-19-8-7-13(2)16(20)9-19/h3-6,11,13,16,20H,7-10H2,1-2H3/t13-,16+/m1/s1. The Hall–Kier alpha value is -1.23. The Morgan fingerprint density at radius 3 is 2.81 bits per heavy atom. The Morgan fingerprint density at radius 1 is 1.33 bits per heavy atom. The van der Waals surface area contributed by atoms with Crippen LogP contribution >= 0.6 is 11.3 Å². The van der Waals surface area contributed by atoms with Crippen molar-refractivity contribution < 1.29 is 5.11 Å². The minimum atomic E-state index is -0.199. The molecule has 0 amide bonds. The molecular weight excluding hydrogens is 280 g/mol. The Bertz CT molecular complexity index is 593. The van der Waals surface area contributed by atoms with Crippen LogP contribution in [-0.2, 0) is 6.54 Å². The summed E-state index contributed by atoms with van der Waals surface area (Å²) in [5.74, 6) is 0.417. The van der Waals surface area contributed by atoms with E-state index in [-0.39, 0.29) is 6.10 Å². The smallest absolute Gasteiger partial charge is 0.107 e. The van der Waals surface area contributed by atoms with Gasteiger partial charge in [-0.2, -0.15) is 0 Å². The predicted molar refractivity (Wildman–Crippen MR) is 87.4 cm³/mol. The molecule has 2 aromatic rings. The van der Waals surface area contributed by atoms with Gasteiger partial charge in [-0.15, -0.1) is 11.3 Å². The molecule has 1 aromatic carbocycles. The Balaban J connectivity index is 1.66. The van der Waals surface area contributed by atoms with Crippen molar-refractivity contribution >= 4 is 11.3 Å². The van der Waals surface area contributed by atoms with Crippen LogP contribution in [0.3, 0.4) is 0 Å².